The summed E-state index contributed by atoms with van der Waals surface area (Å²) >= 11 is 0. The van der Waals surface area contributed by atoms with Gasteiger partial charge in [-0.05, 0) is 61.7 Å². The molecule has 3 nitrogen and oxygen atoms in total. The summed E-state index contributed by atoms with van der Waals surface area (Å²) in [5, 5.41) is 29.9. The molecule has 0 radical (unpaired) electrons. The highest BCUT2D eigenvalue weighted by molar-refractivity contribution is 4.88. The van der Waals surface area contributed by atoms with Crippen LogP contribution in [0.3, 0.4) is 0 Å². The number of aliphatic hydroxyl groups is 3. The zero-order chi connectivity index (χ0) is 14.2. The Morgan fingerprint density at radius 3 is 1.79 bits per heavy atom. The average molecular weight is 270 g/mol. The SMILES string of the molecule is CC1CC(CC2CC(C)C(O)CC2O)C(C)CC1O. The van der Waals surface area contributed by atoms with E-state index in [0.29, 0.717) is 36.0 Å². The molecule has 19 heavy (non-hydrogen) atoms. The molecule has 2 rings (SSSR count). The second kappa shape index (κ2) is 6.11. The molecule has 2 aliphatic carbocycles. The lowest BCUT2D eigenvalue weighted by Gasteiger charge is -2.41. The van der Waals surface area contributed by atoms with Crippen molar-refractivity contribution in [2.45, 2.75) is 71.2 Å². The summed E-state index contributed by atoms with van der Waals surface area (Å²) in [6.07, 6.45) is 3.65. The third-order valence-electron chi connectivity index (χ3n) is 5.71. The molecular formula is C16H30O3. The molecule has 2 fully saturated rings. The Kier molecular flexibility index (Phi) is 4.91. The van der Waals surface area contributed by atoms with E-state index in [-0.39, 0.29) is 18.3 Å². The van der Waals surface area contributed by atoms with Crippen molar-refractivity contribution in [3.05, 3.63) is 0 Å². The van der Waals surface area contributed by atoms with Gasteiger partial charge >= 0.3 is 0 Å². The largest absolute Gasteiger partial charge is 0.393 e. The van der Waals surface area contributed by atoms with Crippen molar-refractivity contribution < 1.29 is 15.3 Å². The first-order chi connectivity index (χ1) is 8.88. The summed E-state index contributed by atoms with van der Waals surface area (Å²) in [7, 11) is 0. The van der Waals surface area contributed by atoms with E-state index < -0.39 is 0 Å². The average Bonchev–Trinajstić information content (AvgIpc) is 2.32. The molecule has 3 N–H and O–H groups in total. The Morgan fingerprint density at radius 1 is 0.632 bits per heavy atom. The summed E-state index contributed by atoms with van der Waals surface area (Å²) in [6, 6.07) is 0. The number of hydrogen-bond acceptors (Lipinski definition) is 3. The maximum Gasteiger partial charge on any atom is 0.0593 e. The van der Waals surface area contributed by atoms with Crippen molar-refractivity contribution in [1.29, 1.82) is 0 Å². The molecule has 2 saturated carbocycles. The topological polar surface area (TPSA) is 60.7 Å². The highest BCUT2D eigenvalue weighted by Gasteiger charge is 2.38. The van der Waals surface area contributed by atoms with Gasteiger partial charge in [0.25, 0.3) is 0 Å². The maximum absolute atomic E-state index is 10.2. The minimum Gasteiger partial charge on any atom is -0.393 e. The van der Waals surface area contributed by atoms with E-state index in [1.54, 1.807) is 0 Å². The third kappa shape index (κ3) is 3.50. The standard InChI is InChI=1S/C16H30O3/c1-9-6-14(17)10(2)4-12(9)7-13-5-11(3)15(18)8-16(13)19/h9-19H,4-8H2,1-3H3. The summed E-state index contributed by atoms with van der Waals surface area (Å²) in [6.45, 7) is 6.45. The molecule has 8 unspecified atom stereocenters. The van der Waals surface area contributed by atoms with Gasteiger partial charge in [-0.25, -0.2) is 0 Å². The Balaban J connectivity index is 1.93. The zero-order valence-electron chi connectivity index (χ0n) is 12.5. The highest BCUT2D eigenvalue weighted by atomic mass is 16.3. The van der Waals surface area contributed by atoms with Gasteiger partial charge in [0.15, 0.2) is 0 Å². The maximum atomic E-state index is 10.2. The van der Waals surface area contributed by atoms with Crippen LogP contribution in [0, 0.1) is 29.6 Å². The van der Waals surface area contributed by atoms with E-state index in [2.05, 4.69) is 20.8 Å². The lowest BCUT2D eigenvalue weighted by molar-refractivity contribution is -0.0475. The summed E-state index contributed by atoms with van der Waals surface area (Å²) in [4.78, 5) is 0. The Morgan fingerprint density at radius 2 is 1.16 bits per heavy atom. The van der Waals surface area contributed by atoms with Crippen LogP contribution in [0.15, 0.2) is 0 Å². The predicted molar refractivity (Wildman–Crippen MR) is 75.6 cm³/mol. The summed E-state index contributed by atoms with van der Waals surface area (Å²) in [5.74, 6) is 2.16. The molecule has 0 aromatic rings. The van der Waals surface area contributed by atoms with E-state index in [1.807, 2.05) is 0 Å². The van der Waals surface area contributed by atoms with E-state index in [4.69, 9.17) is 0 Å². The van der Waals surface area contributed by atoms with Crippen LogP contribution in [0.5, 0.6) is 0 Å². The van der Waals surface area contributed by atoms with Crippen LogP contribution in [0.4, 0.5) is 0 Å². The minimum absolute atomic E-state index is 0.150. The Hall–Kier alpha value is -0.120. The fourth-order valence-corrected chi connectivity index (χ4v) is 4.11. The summed E-state index contributed by atoms with van der Waals surface area (Å²) in [5.41, 5.74) is 0. The fraction of sp³-hybridized carbons (Fsp3) is 1.00. The van der Waals surface area contributed by atoms with Gasteiger partial charge in [0.05, 0.1) is 18.3 Å². The molecule has 112 valence electrons. The molecule has 0 aliphatic heterocycles. The monoisotopic (exact) mass is 270 g/mol. The lowest BCUT2D eigenvalue weighted by Crippen LogP contribution is -2.40. The van der Waals surface area contributed by atoms with Gasteiger partial charge in [-0.1, -0.05) is 20.8 Å². The second-order valence-electron chi connectivity index (χ2n) is 7.33. The van der Waals surface area contributed by atoms with Crippen molar-refractivity contribution >= 4 is 0 Å². The molecule has 2 aliphatic rings. The number of rotatable bonds is 2. The van der Waals surface area contributed by atoms with Gasteiger partial charge in [-0.2, -0.15) is 0 Å². The van der Waals surface area contributed by atoms with Crippen LogP contribution in [0.25, 0.3) is 0 Å². The second-order valence-corrected chi connectivity index (χ2v) is 7.33. The fourth-order valence-electron chi connectivity index (χ4n) is 4.11. The van der Waals surface area contributed by atoms with E-state index >= 15 is 0 Å². The highest BCUT2D eigenvalue weighted by Crippen LogP contribution is 2.41. The Labute approximate surface area is 117 Å². The van der Waals surface area contributed by atoms with Crippen LogP contribution in [0.2, 0.25) is 0 Å². The molecule has 0 amide bonds. The zero-order valence-corrected chi connectivity index (χ0v) is 12.5. The van der Waals surface area contributed by atoms with E-state index in [1.165, 1.54) is 0 Å². The van der Waals surface area contributed by atoms with Crippen LogP contribution in [-0.4, -0.2) is 33.6 Å². The molecule has 0 spiro atoms. The van der Waals surface area contributed by atoms with Gasteiger partial charge in [-0.15, -0.1) is 0 Å². The Bertz CT molecular complexity index is 266. The van der Waals surface area contributed by atoms with Crippen molar-refractivity contribution in [1.82, 2.24) is 0 Å². The van der Waals surface area contributed by atoms with Crippen LogP contribution in [-0.2, 0) is 0 Å². The van der Waals surface area contributed by atoms with Crippen LogP contribution in [0.1, 0.15) is 52.9 Å². The first-order valence-electron chi connectivity index (χ1n) is 7.92. The van der Waals surface area contributed by atoms with Gasteiger partial charge in [0, 0.05) is 0 Å². The molecule has 8 atom stereocenters. The van der Waals surface area contributed by atoms with Crippen molar-refractivity contribution in [2.24, 2.45) is 29.6 Å². The molecule has 0 bridgehead atoms. The van der Waals surface area contributed by atoms with Crippen molar-refractivity contribution in [2.75, 3.05) is 0 Å². The van der Waals surface area contributed by atoms with Gasteiger partial charge in [0.1, 0.15) is 0 Å². The predicted octanol–water partition coefficient (Wildman–Crippen LogP) is 2.19. The van der Waals surface area contributed by atoms with Gasteiger partial charge in [0.2, 0.25) is 0 Å². The first kappa shape index (κ1) is 15.3. The summed E-state index contributed by atoms with van der Waals surface area (Å²) < 4.78 is 0. The molecule has 0 aromatic heterocycles. The smallest absolute Gasteiger partial charge is 0.0593 e. The molecule has 0 saturated heterocycles. The quantitative estimate of drug-likeness (QED) is 0.721. The molecule has 0 aromatic carbocycles. The van der Waals surface area contributed by atoms with Crippen LogP contribution >= 0.6 is 0 Å². The van der Waals surface area contributed by atoms with E-state index in [9.17, 15) is 15.3 Å². The van der Waals surface area contributed by atoms with Crippen LogP contribution < -0.4 is 0 Å². The number of hydrogen-bond donors (Lipinski definition) is 3. The lowest BCUT2D eigenvalue weighted by atomic mass is 9.67. The molecule has 3 heteroatoms. The number of aliphatic hydroxyl groups excluding tert-OH is 3. The van der Waals surface area contributed by atoms with E-state index in [0.717, 1.165) is 25.7 Å². The minimum atomic E-state index is -0.347. The third-order valence-corrected chi connectivity index (χ3v) is 5.71. The van der Waals surface area contributed by atoms with Crippen molar-refractivity contribution in [3.63, 3.8) is 0 Å². The van der Waals surface area contributed by atoms with Gasteiger partial charge in [-0.3, -0.25) is 0 Å². The first-order valence-corrected chi connectivity index (χ1v) is 7.92. The molecular weight excluding hydrogens is 240 g/mol. The molecule has 0 heterocycles. The normalized spacial score (nSPS) is 52.1. The van der Waals surface area contributed by atoms with Crippen molar-refractivity contribution in [3.8, 4) is 0 Å². The van der Waals surface area contributed by atoms with Gasteiger partial charge < -0.3 is 15.3 Å².